The van der Waals surface area contributed by atoms with Gasteiger partial charge in [-0.1, -0.05) is 6.92 Å². The van der Waals surface area contributed by atoms with Crippen LogP contribution in [-0.4, -0.2) is 62.9 Å². The summed E-state index contributed by atoms with van der Waals surface area (Å²) in [7, 11) is 0. The van der Waals surface area contributed by atoms with Crippen LogP contribution in [0.5, 0.6) is 0 Å². The first kappa shape index (κ1) is 21.6. The molecular formula is C27H43N3O. The number of hydrogen-bond acceptors (Lipinski definition) is 4. The quantitative estimate of drug-likeness (QED) is 0.640. The summed E-state index contributed by atoms with van der Waals surface area (Å²) in [4.78, 5) is 7.90. The molecule has 0 N–H and O–H groups in total. The molecule has 2 atom stereocenters. The van der Waals surface area contributed by atoms with E-state index in [4.69, 9.17) is 4.74 Å². The lowest BCUT2D eigenvalue weighted by atomic mass is 9.76. The van der Waals surface area contributed by atoms with Gasteiger partial charge in [0.15, 0.2) is 0 Å². The summed E-state index contributed by atoms with van der Waals surface area (Å²) in [5.41, 5.74) is 5.35. The smallest absolute Gasteiger partial charge is 0.0726 e. The van der Waals surface area contributed by atoms with Crippen molar-refractivity contribution in [3.63, 3.8) is 0 Å². The van der Waals surface area contributed by atoms with Crippen LogP contribution in [0, 0.1) is 5.41 Å². The number of morpholine rings is 1. The lowest BCUT2D eigenvalue weighted by molar-refractivity contribution is -0.00522. The molecule has 1 aromatic rings. The van der Waals surface area contributed by atoms with Crippen LogP contribution in [0.25, 0.3) is 0 Å². The predicted molar refractivity (Wildman–Crippen MR) is 130 cm³/mol. The number of nitrogens with zero attached hydrogens (tertiary/aromatic N) is 3. The van der Waals surface area contributed by atoms with Crippen LogP contribution in [0.2, 0.25) is 0 Å². The molecule has 2 unspecified atom stereocenters. The van der Waals surface area contributed by atoms with Crippen molar-refractivity contribution >= 4 is 11.4 Å². The monoisotopic (exact) mass is 425 g/mol. The molecule has 172 valence electrons. The van der Waals surface area contributed by atoms with Gasteiger partial charge in [0.05, 0.1) is 12.2 Å². The summed E-state index contributed by atoms with van der Waals surface area (Å²) < 4.78 is 6.01. The summed E-state index contributed by atoms with van der Waals surface area (Å²) in [6, 6.07) is 7.44. The highest BCUT2D eigenvalue weighted by atomic mass is 16.5. The van der Waals surface area contributed by atoms with Gasteiger partial charge in [-0.05, 0) is 100 Å². The van der Waals surface area contributed by atoms with Crippen LogP contribution < -0.4 is 9.80 Å². The third kappa shape index (κ3) is 4.75. The van der Waals surface area contributed by atoms with Crippen molar-refractivity contribution in [3.05, 3.63) is 23.8 Å². The van der Waals surface area contributed by atoms with E-state index < -0.39 is 0 Å². The van der Waals surface area contributed by atoms with Crippen LogP contribution in [0.4, 0.5) is 11.4 Å². The van der Waals surface area contributed by atoms with Gasteiger partial charge in [-0.2, -0.15) is 0 Å². The predicted octanol–water partition coefficient (Wildman–Crippen LogP) is 5.27. The van der Waals surface area contributed by atoms with Crippen molar-refractivity contribution in [1.29, 1.82) is 0 Å². The maximum atomic E-state index is 6.01. The van der Waals surface area contributed by atoms with Crippen molar-refractivity contribution < 1.29 is 4.74 Å². The van der Waals surface area contributed by atoms with E-state index in [1.165, 1.54) is 89.0 Å². The summed E-state index contributed by atoms with van der Waals surface area (Å²) in [6.45, 7) is 14.8. The van der Waals surface area contributed by atoms with Gasteiger partial charge in [0.2, 0.25) is 0 Å². The van der Waals surface area contributed by atoms with Gasteiger partial charge in [-0.15, -0.1) is 0 Å². The van der Waals surface area contributed by atoms with E-state index in [1.807, 2.05) is 0 Å². The Morgan fingerprint density at radius 1 is 0.903 bits per heavy atom. The average molecular weight is 426 g/mol. The van der Waals surface area contributed by atoms with Crippen LogP contribution in [0.15, 0.2) is 18.2 Å². The van der Waals surface area contributed by atoms with E-state index in [-0.39, 0.29) is 0 Å². The number of ether oxygens (including phenoxy) is 1. The fraction of sp³-hybridized carbons (Fsp3) is 0.778. The van der Waals surface area contributed by atoms with Gasteiger partial charge in [-0.25, -0.2) is 0 Å². The van der Waals surface area contributed by atoms with Gasteiger partial charge in [0, 0.05) is 50.6 Å². The fourth-order valence-electron chi connectivity index (χ4n) is 6.49. The molecule has 0 radical (unpaired) electrons. The van der Waals surface area contributed by atoms with E-state index >= 15 is 0 Å². The van der Waals surface area contributed by atoms with Crippen molar-refractivity contribution in [3.8, 4) is 0 Å². The maximum absolute atomic E-state index is 6.01. The van der Waals surface area contributed by atoms with E-state index in [2.05, 4.69) is 53.7 Å². The number of piperazine rings is 1. The maximum Gasteiger partial charge on any atom is 0.0726 e. The van der Waals surface area contributed by atoms with Gasteiger partial charge in [0.25, 0.3) is 0 Å². The van der Waals surface area contributed by atoms with Crippen LogP contribution in [0.1, 0.15) is 77.2 Å². The molecule has 2 heterocycles. The second-order valence-electron chi connectivity index (χ2n) is 11.0. The standard InChI is InChI=1S/C27H43N3O/c1-4-13-28-14-16-29(17-15-28)26-6-5-24(30-19-21(2)31-22(3)20-30)18-25(26)23-7-9-27(10-8-23)11-12-27/h5-6,18,21-23H,4,7-17,19-20H2,1-3H3. The Labute approximate surface area is 189 Å². The molecule has 0 bridgehead atoms. The van der Waals surface area contributed by atoms with Crippen LogP contribution in [-0.2, 0) is 4.74 Å². The minimum atomic E-state index is 0.308. The van der Waals surface area contributed by atoms with E-state index in [1.54, 1.807) is 5.56 Å². The Bertz CT molecular complexity index is 733. The van der Waals surface area contributed by atoms with Crippen molar-refractivity contribution in [1.82, 2.24) is 4.90 Å². The van der Waals surface area contributed by atoms with E-state index in [0.29, 0.717) is 12.2 Å². The first-order valence-corrected chi connectivity index (χ1v) is 13.1. The Morgan fingerprint density at radius 2 is 1.58 bits per heavy atom. The molecular weight excluding hydrogens is 382 g/mol. The molecule has 1 aromatic carbocycles. The molecule has 4 aliphatic rings. The lowest BCUT2D eigenvalue weighted by Crippen LogP contribution is -2.47. The molecule has 2 saturated heterocycles. The van der Waals surface area contributed by atoms with E-state index in [0.717, 1.165) is 24.4 Å². The fourth-order valence-corrected chi connectivity index (χ4v) is 6.49. The number of anilines is 2. The largest absolute Gasteiger partial charge is 0.372 e. The first-order chi connectivity index (χ1) is 15.0. The highest BCUT2D eigenvalue weighted by Crippen LogP contribution is 2.59. The number of benzene rings is 1. The zero-order valence-electron chi connectivity index (χ0n) is 20.1. The van der Waals surface area contributed by atoms with Gasteiger partial charge < -0.3 is 14.5 Å². The molecule has 31 heavy (non-hydrogen) atoms. The topological polar surface area (TPSA) is 19.0 Å². The van der Waals surface area contributed by atoms with Crippen LogP contribution in [0.3, 0.4) is 0 Å². The molecule has 2 aliphatic carbocycles. The molecule has 0 amide bonds. The molecule has 4 heteroatoms. The molecule has 0 aromatic heterocycles. The Hall–Kier alpha value is -1.26. The summed E-state index contributed by atoms with van der Waals surface area (Å²) in [5, 5.41) is 0. The van der Waals surface area contributed by atoms with Crippen molar-refractivity contribution in [2.75, 3.05) is 55.6 Å². The highest BCUT2D eigenvalue weighted by Gasteiger charge is 2.45. The molecule has 4 nitrogen and oxygen atoms in total. The minimum absolute atomic E-state index is 0.308. The SMILES string of the molecule is CCCN1CCN(c2ccc(N3CC(C)OC(C)C3)cc2C2CCC3(CC2)CC3)CC1. The molecule has 5 rings (SSSR count). The van der Waals surface area contributed by atoms with Crippen molar-refractivity contribution in [2.45, 2.75) is 83.8 Å². The van der Waals surface area contributed by atoms with Gasteiger partial charge in [-0.3, -0.25) is 4.90 Å². The second kappa shape index (κ2) is 8.94. The minimum Gasteiger partial charge on any atom is -0.372 e. The zero-order chi connectivity index (χ0) is 21.4. The molecule has 2 aliphatic heterocycles. The summed E-state index contributed by atoms with van der Waals surface area (Å²) in [6.07, 6.45) is 10.6. The zero-order valence-corrected chi connectivity index (χ0v) is 20.1. The summed E-state index contributed by atoms with van der Waals surface area (Å²) in [5.74, 6) is 0.741. The Kier molecular flexibility index (Phi) is 6.22. The Morgan fingerprint density at radius 3 is 2.19 bits per heavy atom. The van der Waals surface area contributed by atoms with Gasteiger partial charge in [0.1, 0.15) is 0 Å². The summed E-state index contributed by atoms with van der Waals surface area (Å²) >= 11 is 0. The molecule has 1 spiro atoms. The highest BCUT2D eigenvalue weighted by molar-refractivity contribution is 5.64. The van der Waals surface area contributed by atoms with Gasteiger partial charge >= 0.3 is 0 Å². The Balaban J connectivity index is 1.38. The number of rotatable bonds is 5. The normalized spacial score (nSPS) is 29.5. The first-order valence-electron chi connectivity index (χ1n) is 13.1. The van der Waals surface area contributed by atoms with Crippen molar-refractivity contribution in [2.24, 2.45) is 5.41 Å². The lowest BCUT2D eigenvalue weighted by Gasteiger charge is -2.40. The second-order valence-corrected chi connectivity index (χ2v) is 11.0. The third-order valence-electron chi connectivity index (χ3n) is 8.49. The number of hydrogen-bond donors (Lipinski definition) is 0. The van der Waals surface area contributed by atoms with E-state index in [9.17, 15) is 0 Å². The molecule has 2 saturated carbocycles. The average Bonchev–Trinajstić information content (AvgIpc) is 3.53. The third-order valence-corrected chi connectivity index (χ3v) is 8.49. The van der Waals surface area contributed by atoms with Crippen LogP contribution >= 0.6 is 0 Å². The molecule has 4 fully saturated rings.